The molecule has 1 aromatic carbocycles. The molecule has 2 aromatic heterocycles. The van der Waals surface area contributed by atoms with Gasteiger partial charge in [-0.25, -0.2) is 19.2 Å². The van der Waals surface area contributed by atoms with Crippen LogP contribution < -0.4 is 26.0 Å². The quantitative estimate of drug-likeness (QED) is 0.312. The molecule has 1 aliphatic heterocycles. The van der Waals surface area contributed by atoms with Gasteiger partial charge in [0.1, 0.15) is 11.4 Å². The van der Waals surface area contributed by atoms with Gasteiger partial charge in [-0.05, 0) is 30.3 Å². The predicted molar refractivity (Wildman–Crippen MR) is 130 cm³/mol. The summed E-state index contributed by atoms with van der Waals surface area (Å²) in [6.07, 6.45) is -1.60. The van der Waals surface area contributed by atoms with E-state index in [-0.39, 0.29) is 43.3 Å². The molecule has 1 aliphatic rings. The molecule has 0 bridgehead atoms. The van der Waals surface area contributed by atoms with Crippen LogP contribution in [0.2, 0.25) is 0 Å². The van der Waals surface area contributed by atoms with Crippen LogP contribution in [-0.4, -0.2) is 52.8 Å². The van der Waals surface area contributed by atoms with Crippen LogP contribution in [0, 0.1) is 5.82 Å². The monoisotopic (exact) mass is 549 g/mol. The smallest absolute Gasteiger partial charge is 0.407 e. The van der Waals surface area contributed by atoms with Crippen LogP contribution in [0.4, 0.5) is 39.7 Å². The van der Waals surface area contributed by atoms with Gasteiger partial charge in [0.2, 0.25) is 11.9 Å². The summed E-state index contributed by atoms with van der Waals surface area (Å²) >= 11 is 0. The minimum atomic E-state index is -4.76. The second-order valence-corrected chi connectivity index (χ2v) is 8.43. The Hall–Kier alpha value is -4.53. The maximum atomic E-state index is 13.3. The molecule has 0 spiro atoms. The maximum absolute atomic E-state index is 13.3. The van der Waals surface area contributed by atoms with Crippen molar-refractivity contribution < 1.29 is 36.6 Å². The summed E-state index contributed by atoms with van der Waals surface area (Å²) in [5.41, 5.74) is -2.27. The number of hydrogen-bond donors (Lipinski definition) is 4. The van der Waals surface area contributed by atoms with Gasteiger partial charge in [0.15, 0.2) is 5.75 Å². The van der Waals surface area contributed by atoms with E-state index in [2.05, 4.69) is 36.2 Å². The molecule has 4 N–H and O–H groups in total. The molecule has 4 rings (SSSR count). The largest absolute Gasteiger partial charge is 0.418 e. The fourth-order valence-corrected chi connectivity index (χ4v) is 3.68. The highest BCUT2D eigenvalue weighted by atomic mass is 19.4. The van der Waals surface area contributed by atoms with Gasteiger partial charge in [0.05, 0.1) is 54.4 Å². The van der Waals surface area contributed by atoms with E-state index < -0.39 is 35.1 Å². The lowest BCUT2D eigenvalue weighted by molar-refractivity contribution is -0.137. The molecule has 0 aliphatic carbocycles. The van der Waals surface area contributed by atoms with Crippen LogP contribution in [0.3, 0.4) is 0 Å². The molecule has 1 atom stereocenters. The Balaban J connectivity index is 1.36. The number of carbonyl (C=O) groups is 2. The topological polar surface area (TPSA) is 139 Å². The molecule has 0 unspecified atom stereocenters. The van der Waals surface area contributed by atoms with E-state index >= 15 is 0 Å². The molecule has 1 fully saturated rings. The van der Waals surface area contributed by atoms with Crippen LogP contribution in [-0.2, 0) is 22.3 Å². The van der Waals surface area contributed by atoms with Gasteiger partial charge >= 0.3 is 12.3 Å². The fraction of sp³-hybridized carbons (Fsp3) is 0.292. The third-order valence-electron chi connectivity index (χ3n) is 5.68. The van der Waals surface area contributed by atoms with Crippen molar-refractivity contribution in [3.63, 3.8) is 0 Å². The molecule has 0 radical (unpaired) electrons. The van der Waals surface area contributed by atoms with E-state index in [4.69, 9.17) is 9.47 Å². The van der Waals surface area contributed by atoms with Crippen molar-refractivity contribution >= 4 is 29.3 Å². The number of rotatable bonds is 8. The Morgan fingerprint density at radius 3 is 2.49 bits per heavy atom. The lowest BCUT2D eigenvalue weighted by Gasteiger charge is -2.26. The van der Waals surface area contributed by atoms with Crippen molar-refractivity contribution in [1.82, 2.24) is 25.6 Å². The van der Waals surface area contributed by atoms with Gasteiger partial charge in [0.25, 0.3) is 0 Å². The molecule has 1 saturated heterocycles. The molecule has 3 aromatic rings. The van der Waals surface area contributed by atoms with E-state index in [1.807, 2.05) is 0 Å². The number of benzene rings is 1. The summed E-state index contributed by atoms with van der Waals surface area (Å²) in [6.45, 7) is 0.107. The van der Waals surface area contributed by atoms with Gasteiger partial charge in [-0.3, -0.25) is 9.78 Å². The number of ether oxygens (including phenoxy) is 2. The van der Waals surface area contributed by atoms with Crippen molar-refractivity contribution in [3.05, 3.63) is 66.0 Å². The van der Waals surface area contributed by atoms with Gasteiger partial charge in [-0.1, -0.05) is 0 Å². The van der Waals surface area contributed by atoms with Crippen molar-refractivity contribution in [2.45, 2.75) is 24.7 Å². The Kier molecular flexibility index (Phi) is 8.09. The highest BCUT2D eigenvalue weighted by Crippen LogP contribution is 2.36. The first-order valence-corrected chi connectivity index (χ1v) is 11.5. The molecule has 11 nitrogen and oxygen atoms in total. The van der Waals surface area contributed by atoms with E-state index in [9.17, 15) is 27.2 Å². The summed E-state index contributed by atoms with van der Waals surface area (Å²) < 4.78 is 63.5. The Bertz CT molecular complexity index is 1320. The summed E-state index contributed by atoms with van der Waals surface area (Å²) in [5.74, 6) is -1.14. The van der Waals surface area contributed by atoms with Crippen LogP contribution in [0.1, 0.15) is 17.7 Å². The number of nitrogens with one attached hydrogen (secondary N) is 4. The summed E-state index contributed by atoms with van der Waals surface area (Å²) in [5, 5.41) is 10.5. The van der Waals surface area contributed by atoms with Crippen molar-refractivity contribution in [3.8, 4) is 5.75 Å². The normalized spacial score (nSPS) is 16.8. The first kappa shape index (κ1) is 27.5. The van der Waals surface area contributed by atoms with Crippen LogP contribution in [0.15, 0.2) is 48.9 Å². The first-order valence-electron chi connectivity index (χ1n) is 11.5. The summed E-state index contributed by atoms with van der Waals surface area (Å²) in [4.78, 5) is 37.5. The van der Waals surface area contributed by atoms with Crippen molar-refractivity contribution in [1.29, 1.82) is 0 Å². The Labute approximate surface area is 219 Å². The number of nitrogens with zero attached hydrogens (tertiary/aromatic N) is 3. The minimum Gasteiger partial charge on any atom is -0.407 e. The number of halogens is 4. The molecule has 0 saturated carbocycles. The first-order chi connectivity index (χ1) is 18.6. The summed E-state index contributed by atoms with van der Waals surface area (Å²) in [7, 11) is 1.63. The van der Waals surface area contributed by atoms with Gasteiger partial charge in [0, 0.05) is 20.1 Å². The zero-order valence-corrected chi connectivity index (χ0v) is 20.4. The average Bonchev–Trinajstić information content (AvgIpc) is 3.38. The number of alkyl halides is 3. The van der Waals surface area contributed by atoms with Crippen molar-refractivity contribution in [2.24, 2.45) is 0 Å². The van der Waals surface area contributed by atoms with E-state index in [0.717, 1.165) is 12.1 Å². The van der Waals surface area contributed by atoms with Crippen LogP contribution in [0.25, 0.3) is 0 Å². The molecule has 3 heterocycles. The van der Waals surface area contributed by atoms with E-state index in [1.165, 1.54) is 30.7 Å². The number of hydrogen-bond acceptors (Lipinski definition) is 9. The lowest BCUT2D eigenvalue weighted by Crippen LogP contribution is -2.59. The molecular formula is C24H23F4N7O4. The van der Waals surface area contributed by atoms with Crippen LogP contribution in [0.5, 0.6) is 5.75 Å². The zero-order chi connectivity index (χ0) is 28.0. The number of carbonyl (C=O) groups excluding carboxylic acids is 2. The molecule has 15 heteroatoms. The summed E-state index contributed by atoms with van der Waals surface area (Å²) in [6, 6.07) is 5.25. The van der Waals surface area contributed by atoms with Gasteiger partial charge in [-0.2, -0.15) is 13.2 Å². The fourth-order valence-electron chi connectivity index (χ4n) is 3.68. The maximum Gasteiger partial charge on any atom is 0.418 e. The molecular weight excluding hydrogens is 526 g/mol. The minimum absolute atomic E-state index is 0.0404. The highest BCUT2D eigenvalue weighted by Gasteiger charge is 2.44. The highest BCUT2D eigenvalue weighted by molar-refractivity contribution is 5.90. The van der Waals surface area contributed by atoms with Crippen LogP contribution >= 0.6 is 0 Å². The van der Waals surface area contributed by atoms with Gasteiger partial charge < -0.3 is 30.7 Å². The molecule has 39 heavy (non-hydrogen) atoms. The Morgan fingerprint density at radius 2 is 1.87 bits per heavy atom. The third-order valence-corrected chi connectivity index (χ3v) is 5.68. The van der Waals surface area contributed by atoms with Crippen molar-refractivity contribution in [2.75, 3.05) is 30.9 Å². The molecule has 2 amide bonds. The SMILES string of the molecule is CNc1ncc(OC(=O)N[C@@]2(C(=O)NCc3ccc(Nc4ccc(F)cc4C(F)(F)F)cn3)CCOC2)cn1. The van der Waals surface area contributed by atoms with Gasteiger partial charge in [-0.15, -0.1) is 0 Å². The standard InChI is InChI=1S/C24H23F4N7O4/c1-29-21-32-11-17(12-33-21)39-22(37)35-23(6-7-38-13-23)20(36)31-9-15-3-4-16(10-30-15)34-19-5-2-14(25)8-18(19)24(26,27)28/h2-5,8,10-12,34H,6-7,9,13H2,1H3,(H,31,36)(H,35,37)(H,29,32,33)/t23-/m0/s1. The molecule has 206 valence electrons. The lowest BCUT2D eigenvalue weighted by atomic mass is 9.97. The van der Waals surface area contributed by atoms with E-state index in [1.54, 1.807) is 7.05 Å². The number of aromatic nitrogens is 3. The second-order valence-electron chi connectivity index (χ2n) is 8.43. The average molecular weight is 549 g/mol. The predicted octanol–water partition coefficient (Wildman–Crippen LogP) is 3.38. The second kappa shape index (κ2) is 11.5. The third kappa shape index (κ3) is 6.87. The Morgan fingerprint density at radius 1 is 1.10 bits per heavy atom. The van der Waals surface area contributed by atoms with E-state index in [0.29, 0.717) is 17.7 Å². The number of pyridine rings is 1. The number of amides is 2. The zero-order valence-electron chi connectivity index (χ0n) is 20.4. The number of anilines is 3.